The van der Waals surface area contributed by atoms with Crippen molar-refractivity contribution in [1.29, 1.82) is 0 Å². The molecular formula is C17H32OSi. The van der Waals surface area contributed by atoms with Gasteiger partial charge in [0.1, 0.15) is 0 Å². The van der Waals surface area contributed by atoms with Crippen molar-refractivity contribution in [2.75, 3.05) is 0 Å². The van der Waals surface area contributed by atoms with Gasteiger partial charge >= 0.3 is 0 Å². The highest BCUT2D eigenvalue weighted by Gasteiger charge is 2.40. The van der Waals surface area contributed by atoms with E-state index >= 15 is 0 Å². The summed E-state index contributed by atoms with van der Waals surface area (Å²) in [6.07, 6.45) is 8.02. The highest BCUT2D eigenvalue weighted by Crippen LogP contribution is 2.39. The third kappa shape index (κ3) is 5.54. The highest BCUT2D eigenvalue weighted by molar-refractivity contribution is 6.74. The molecule has 0 aromatic rings. The van der Waals surface area contributed by atoms with Crippen molar-refractivity contribution in [3.05, 3.63) is 11.6 Å². The van der Waals surface area contributed by atoms with E-state index < -0.39 is 8.32 Å². The Labute approximate surface area is 122 Å². The first kappa shape index (κ1) is 18.5. The highest BCUT2D eigenvalue weighted by atomic mass is 28.4. The van der Waals surface area contributed by atoms with Crippen molar-refractivity contribution in [2.45, 2.75) is 72.7 Å². The Morgan fingerprint density at radius 3 is 2.00 bits per heavy atom. The van der Waals surface area contributed by atoms with Gasteiger partial charge in [0, 0.05) is 11.8 Å². The van der Waals surface area contributed by atoms with Crippen LogP contribution in [0.4, 0.5) is 0 Å². The molecule has 2 heteroatoms. The van der Waals surface area contributed by atoms with Crippen LogP contribution in [0.3, 0.4) is 0 Å². The van der Waals surface area contributed by atoms with Crippen LogP contribution in [0.25, 0.3) is 0 Å². The van der Waals surface area contributed by atoms with Crippen LogP contribution >= 0.6 is 0 Å². The van der Waals surface area contributed by atoms with E-state index in [2.05, 4.69) is 73.6 Å². The van der Waals surface area contributed by atoms with Crippen molar-refractivity contribution in [3.63, 3.8) is 0 Å². The number of allylic oxidation sites excluding steroid dienone is 1. The molecule has 0 aromatic carbocycles. The molecule has 0 radical (unpaired) electrons. The van der Waals surface area contributed by atoms with Gasteiger partial charge in [0.15, 0.2) is 8.32 Å². The molecule has 1 unspecified atom stereocenters. The van der Waals surface area contributed by atoms with Gasteiger partial charge in [0.05, 0.1) is 6.10 Å². The summed E-state index contributed by atoms with van der Waals surface area (Å²) in [5.74, 6) is 3.35. The van der Waals surface area contributed by atoms with Crippen molar-refractivity contribution >= 4 is 8.32 Å². The standard InChI is InChI=1S/C17H32OSi/c1-11-14(4)16(15(5)12-13(2)3)18-19(9,10)17(6,7)8/h1,12,14-16H,2-10H3/t14?,15-,16-/m0/s1. The topological polar surface area (TPSA) is 9.23 Å². The van der Waals surface area contributed by atoms with E-state index in [4.69, 9.17) is 10.8 Å². The summed E-state index contributed by atoms with van der Waals surface area (Å²) >= 11 is 0. The zero-order chi connectivity index (χ0) is 15.4. The van der Waals surface area contributed by atoms with E-state index in [0.717, 1.165) is 0 Å². The fraction of sp³-hybridized carbons (Fsp3) is 0.765. The molecule has 0 fully saturated rings. The maximum Gasteiger partial charge on any atom is 0.192 e. The minimum Gasteiger partial charge on any atom is -0.412 e. The number of hydrogen-bond acceptors (Lipinski definition) is 1. The van der Waals surface area contributed by atoms with Gasteiger partial charge in [-0.05, 0) is 38.9 Å². The maximum absolute atomic E-state index is 6.57. The van der Waals surface area contributed by atoms with Gasteiger partial charge in [-0.25, -0.2) is 0 Å². The lowest BCUT2D eigenvalue weighted by molar-refractivity contribution is 0.115. The van der Waals surface area contributed by atoms with Crippen LogP contribution in [0.1, 0.15) is 48.5 Å². The molecule has 0 saturated carbocycles. The predicted octanol–water partition coefficient (Wildman–Crippen LogP) is 5.25. The molecule has 0 rings (SSSR count). The second-order valence-corrected chi connectivity index (χ2v) is 12.2. The van der Waals surface area contributed by atoms with E-state index in [9.17, 15) is 0 Å². The molecule has 0 aliphatic heterocycles. The third-order valence-electron chi connectivity index (χ3n) is 4.11. The summed E-state index contributed by atoms with van der Waals surface area (Å²) < 4.78 is 6.57. The second-order valence-electron chi connectivity index (χ2n) is 7.40. The Hall–Kier alpha value is -0.523. The molecule has 0 N–H and O–H groups in total. The Bertz CT molecular complexity index is 350. The van der Waals surface area contributed by atoms with Crippen LogP contribution < -0.4 is 0 Å². The van der Waals surface area contributed by atoms with Gasteiger partial charge in [-0.1, -0.05) is 39.3 Å². The smallest absolute Gasteiger partial charge is 0.192 e. The zero-order valence-electron chi connectivity index (χ0n) is 14.3. The Morgan fingerprint density at radius 2 is 1.68 bits per heavy atom. The number of rotatable bonds is 5. The van der Waals surface area contributed by atoms with E-state index in [0.29, 0.717) is 5.92 Å². The predicted molar refractivity (Wildman–Crippen MR) is 88.7 cm³/mol. The van der Waals surface area contributed by atoms with E-state index in [-0.39, 0.29) is 17.1 Å². The fourth-order valence-corrected chi connectivity index (χ4v) is 3.35. The minimum atomic E-state index is -1.79. The van der Waals surface area contributed by atoms with Gasteiger partial charge in [-0.3, -0.25) is 0 Å². The SMILES string of the molecule is C#CC(C)[C@H](O[Si](C)(C)C(C)(C)C)[C@@H](C)C=C(C)C. The first-order valence-electron chi connectivity index (χ1n) is 7.21. The number of terminal acetylenes is 1. The number of hydrogen-bond donors (Lipinski definition) is 0. The molecular weight excluding hydrogens is 248 g/mol. The summed E-state index contributed by atoms with van der Waals surface area (Å²) in [6, 6.07) is 0. The molecule has 0 spiro atoms. The van der Waals surface area contributed by atoms with Crippen LogP contribution in [-0.4, -0.2) is 14.4 Å². The minimum absolute atomic E-state index is 0.112. The lowest BCUT2D eigenvalue weighted by Crippen LogP contribution is -2.47. The quantitative estimate of drug-likeness (QED) is 0.380. The summed E-state index contributed by atoms with van der Waals surface area (Å²) in [5, 5.41) is 0.213. The van der Waals surface area contributed by atoms with Gasteiger partial charge in [0.25, 0.3) is 0 Å². The van der Waals surface area contributed by atoms with Crippen molar-refractivity contribution in [1.82, 2.24) is 0 Å². The molecule has 0 aliphatic carbocycles. The van der Waals surface area contributed by atoms with Gasteiger partial charge in [0.2, 0.25) is 0 Å². The molecule has 19 heavy (non-hydrogen) atoms. The van der Waals surface area contributed by atoms with Crippen LogP contribution in [0.2, 0.25) is 18.1 Å². The Balaban J connectivity index is 5.21. The van der Waals surface area contributed by atoms with Crippen LogP contribution in [-0.2, 0) is 4.43 Å². The molecule has 0 heterocycles. The van der Waals surface area contributed by atoms with Crippen LogP contribution in [0.5, 0.6) is 0 Å². The van der Waals surface area contributed by atoms with Gasteiger partial charge < -0.3 is 4.43 Å². The first-order valence-corrected chi connectivity index (χ1v) is 10.1. The first-order chi connectivity index (χ1) is 8.42. The Kier molecular flexibility index (Phi) is 6.58. The summed E-state index contributed by atoms with van der Waals surface area (Å²) in [6.45, 7) is 19.9. The lowest BCUT2D eigenvalue weighted by atomic mass is 9.93. The molecule has 1 nitrogen and oxygen atoms in total. The molecule has 3 atom stereocenters. The average Bonchev–Trinajstić information content (AvgIpc) is 2.22. The summed E-state index contributed by atoms with van der Waals surface area (Å²) in [5.41, 5.74) is 1.32. The van der Waals surface area contributed by atoms with Gasteiger partial charge in [-0.2, -0.15) is 0 Å². The lowest BCUT2D eigenvalue weighted by Gasteiger charge is -2.41. The normalized spacial score (nSPS) is 17.3. The summed E-state index contributed by atoms with van der Waals surface area (Å²) in [4.78, 5) is 0. The monoisotopic (exact) mass is 280 g/mol. The van der Waals surface area contributed by atoms with Gasteiger partial charge in [-0.15, -0.1) is 12.3 Å². The average molecular weight is 281 g/mol. The maximum atomic E-state index is 6.57. The van der Waals surface area contributed by atoms with E-state index in [1.54, 1.807) is 0 Å². The molecule has 0 saturated heterocycles. The largest absolute Gasteiger partial charge is 0.412 e. The zero-order valence-corrected chi connectivity index (χ0v) is 15.3. The van der Waals surface area contributed by atoms with Crippen LogP contribution in [0, 0.1) is 24.2 Å². The fourth-order valence-electron chi connectivity index (χ4n) is 1.90. The molecule has 0 aliphatic rings. The Morgan fingerprint density at radius 1 is 1.21 bits per heavy atom. The molecule has 0 bridgehead atoms. The van der Waals surface area contributed by atoms with Crippen LogP contribution in [0.15, 0.2) is 11.6 Å². The van der Waals surface area contributed by atoms with E-state index in [1.165, 1.54) is 5.57 Å². The van der Waals surface area contributed by atoms with E-state index in [1.807, 2.05) is 0 Å². The molecule has 0 amide bonds. The molecule has 110 valence electrons. The second kappa shape index (κ2) is 6.77. The van der Waals surface area contributed by atoms with Crippen molar-refractivity contribution in [3.8, 4) is 12.3 Å². The van der Waals surface area contributed by atoms with Crippen molar-refractivity contribution in [2.24, 2.45) is 11.8 Å². The third-order valence-corrected chi connectivity index (χ3v) is 8.58. The molecule has 0 aromatic heterocycles. The summed E-state index contributed by atoms with van der Waals surface area (Å²) in [7, 11) is -1.79. The van der Waals surface area contributed by atoms with Crippen molar-refractivity contribution < 1.29 is 4.43 Å².